The summed E-state index contributed by atoms with van der Waals surface area (Å²) >= 11 is 7.35. The first-order valence-electron chi connectivity index (χ1n) is 10.5. The summed E-state index contributed by atoms with van der Waals surface area (Å²) < 4.78 is 5.77. The minimum Gasteiger partial charge on any atom is -0.457 e. The number of nitrogens with one attached hydrogen (secondary N) is 1. The lowest BCUT2D eigenvalue weighted by atomic mass is 10.1. The number of rotatable bonds is 8. The summed E-state index contributed by atoms with van der Waals surface area (Å²) in [7, 11) is 0. The fourth-order valence-electron chi connectivity index (χ4n) is 3.11. The van der Waals surface area contributed by atoms with Gasteiger partial charge in [-0.3, -0.25) is 4.79 Å². The van der Waals surface area contributed by atoms with Crippen LogP contribution in [0.2, 0.25) is 5.02 Å². The molecule has 0 aliphatic rings. The van der Waals surface area contributed by atoms with E-state index in [9.17, 15) is 10.1 Å². The highest BCUT2D eigenvalue weighted by molar-refractivity contribution is 7.99. The summed E-state index contributed by atoms with van der Waals surface area (Å²) in [6.07, 6.45) is 0.282. The Morgan fingerprint density at radius 2 is 1.65 bits per heavy atom. The van der Waals surface area contributed by atoms with E-state index in [0.29, 0.717) is 32.8 Å². The second kappa shape index (κ2) is 11.4. The molecule has 0 atom stereocenters. The Kier molecular flexibility index (Phi) is 7.82. The number of ether oxygens (including phenoxy) is 1. The van der Waals surface area contributed by atoms with Crippen LogP contribution in [0.25, 0.3) is 11.3 Å². The number of para-hydroxylation sites is 1. The molecule has 4 rings (SSSR count). The summed E-state index contributed by atoms with van der Waals surface area (Å²) in [5.74, 6) is 1.82. The minimum atomic E-state index is -0.114. The number of aromatic nitrogens is 1. The number of hydrogen-bond donors (Lipinski definition) is 1. The summed E-state index contributed by atoms with van der Waals surface area (Å²) in [5.41, 5.74) is 2.83. The maximum Gasteiger partial charge on any atom is 0.225 e. The number of pyridine rings is 1. The number of thioether (sulfide) groups is 1. The molecule has 0 radical (unpaired) electrons. The van der Waals surface area contributed by atoms with Gasteiger partial charge in [-0.05, 0) is 60.7 Å². The van der Waals surface area contributed by atoms with Crippen molar-refractivity contribution in [2.75, 3.05) is 11.1 Å². The summed E-state index contributed by atoms with van der Waals surface area (Å²) in [6, 6.07) is 29.8. The number of benzene rings is 3. The third-order valence-electron chi connectivity index (χ3n) is 4.81. The summed E-state index contributed by atoms with van der Waals surface area (Å²) in [5, 5.41) is 13.6. The lowest BCUT2D eigenvalue weighted by molar-refractivity contribution is -0.115. The van der Waals surface area contributed by atoms with Crippen molar-refractivity contribution in [2.45, 2.75) is 11.4 Å². The zero-order valence-corrected chi connectivity index (χ0v) is 19.6. The fourth-order valence-corrected chi connectivity index (χ4v) is 4.15. The molecule has 1 amide bonds. The monoisotopic (exact) mass is 485 g/mol. The molecular weight excluding hydrogens is 466 g/mol. The Balaban J connectivity index is 1.31. The van der Waals surface area contributed by atoms with Crippen LogP contribution in [0.4, 0.5) is 5.69 Å². The first-order valence-corrected chi connectivity index (χ1v) is 11.9. The van der Waals surface area contributed by atoms with Gasteiger partial charge >= 0.3 is 0 Å². The summed E-state index contributed by atoms with van der Waals surface area (Å²) in [4.78, 5) is 17.0. The van der Waals surface area contributed by atoms with E-state index in [1.807, 2.05) is 60.7 Å². The van der Waals surface area contributed by atoms with Crippen molar-refractivity contribution in [3.05, 3.63) is 102 Å². The van der Waals surface area contributed by atoms with Gasteiger partial charge in [-0.25, -0.2) is 4.98 Å². The molecule has 1 aromatic heterocycles. The maximum absolute atomic E-state index is 12.4. The van der Waals surface area contributed by atoms with E-state index in [0.717, 1.165) is 17.0 Å². The number of anilines is 1. The molecule has 0 fully saturated rings. The molecule has 168 valence electrons. The third-order valence-corrected chi connectivity index (χ3v) is 6.05. The molecular formula is C27H20ClN3O2S. The van der Waals surface area contributed by atoms with Crippen molar-refractivity contribution in [3.8, 4) is 28.8 Å². The normalized spacial score (nSPS) is 10.4. The van der Waals surface area contributed by atoms with Crippen LogP contribution in [0, 0.1) is 11.3 Å². The zero-order valence-electron chi connectivity index (χ0n) is 18.1. The van der Waals surface area contributed by atoms with Gasteiger partial charge in [0, 0.05) is 28.4 Å². The average molecular weight is 486 g/mol. The van der Waals surface area contributed by atoms with Gasteiger partial charge in [-0.15, -0.1) is 11.8 Å². The van der Waals surface area contributed by atoms with Crippen LogP contribution in [0.5, 0.6) is 11.5 Å². The lowest BCUT2D eigenvalue weighted by Crippen LogP contribution is -2.12. The molecule has 3 aromatic carbocycles. The van der Waals surface area contributed by atoms with Crippen LogP contribution in [0.15, 0.2) is 96.0 Å². The van der Waals surface area contributed by atoms with Crippen molar-refractivity contribution in [1.82, 2.24) is 4.98 Å². The Morgan fingerprint density at radius 3 is 2.35 bits per heavy atom. The lowest BCUT2D eigenvalue weighted by Gasteiger charge is -2.09. The van der Waals surface area contributed by atoms with Crippen LogP contribution in [0.1, 0.15) is 12.0 Å². The number of amides is 1. The third kappa shape index (κ3) is 6.38. The predicted molar refractivity (Wildman–Crippen MR) is 136 cm³/mol. The number of halogens is 1. The molecule has 34 heavy (non-hydrogen) atoms. The van der Waals surface area contributed by atoms with Crippen LogP contribution in [0.3, 0.4) is 0 Å². The van der Waals surface area contributed by atoms with Gasteiger partial charge in [0.1, 0.15) is 22.6 Å². The minimum absolute atomic E-state index is 0.114. The standard InChI is InChI=1S/C27H20ClN3O2S/c28-21-9-6-19(7-10-21)25-15-8-20(18-29)27(31-25)34-17-16-26(32)30-22-11-13-24(14-12-22)33-23-4-2-1-3-5-23/h1-15H,16-17H2,(H,30,32). The highest BCUT2D eigenvalue weighted by Crippen LogP contribution is 2.27. The van der Waals surface area contributed by atoms with Crippen molar-refractivity contribution < 1.29 is 9.53 Å². The van der Waals surface area contributed by atoms with Crippen molar-refractivity contribution in [3.63, 3.8) is 0 Å². The van der Waals surface area contributed by atoms with Gasteiger partial charge in [-0.2, -0.15) is 5.26 Å². The van der Waals surface area contributed by atoms with E-state index >= 15 is 0 Å². The fraction of sp³-hybridized carbons (Fsp3) is 0.0741. The van der Waals surface area contributed by atoms with Crippen LogP contribution in [-0.4, -0.2) is 16.6 Å². The second-order valence-electron chi connectivity index (χ2n) is 7.25. The molecule has 0 saturated heterocycles. The second-order valence-corrected chi connectivity index (χ2v) is 8.77. The highest BCUT2D eigenvalue weighted by atomic mass is 35.5. The molecule has 4 aromatic rings. The van der Waals surface area contributed by atoms with E-state index < -0.39 is 0 Å². The average Bonchev–Trinajstić information content (AvgIpc) is 2.86. The molecule has 1 N–H and O–H groups in total. The molecule has 0 aliphatic heterocycles. The van der Waals surface area contributed by atoms with E-state index in [1.165, 1.54) is 11.8 Å². The van der Waals surface area contributed by atoms with E-state index in [-0.39, 0.29) is 12.3 Å². The Hall–Kier alpha value is -3.79. The first kappa shape index (κ1) is 23.4. The maximum atomic E-state index is 12.4. The van der Waals surface area contributed by atoms with Gasteiger partial charge in [-0.1, -0.05) is 41.9 Å². The van der Waals surface area contributed by atoms with Crippen molar-refractivity contribution in [1.29, 1.82) is 5.26 Å². The molecule has 1 heterocycles. The van der Waals surface area contributed by atoms with Gasteiger partial charge in [0.25, 0.3) is 0 Å². The highest BCUT2D eigenvalue weighted by Gasteiger charge is 2.10. The van der Waals surface area contributed by atoms with Gasteiger partial charge in [0.05, 0.1) is 11.3 Å². The largest absolute Gasteiger partial charge is 0.457 e. The van der Waals surface area contributed by atoms with Gasteiger partial charge < -0.3 is 10.1 Å². The molecule has 5 nitrogen and oxygen atoms in total. The Morgan fingerprint density at radius 1 is 0.941 bits per heavy atom. The molecule has 0 saturated carbocycles. The number of carbonyl (C=O) groups is 1. The van der Waals surface area contributed by atoms with Crippen molar-refractivity contribution >= 4 is 35.0 Å². The molecule has 0 bridgehead atoms. The predicted octanol–water partition coefficient (Wildman–Crippen LogP) is 7.19. The first-order chi connectivity index (χ1) is 16.6. The summed E-state index contributed by atoms with van der Waals surface area (Å²) in [6.45, 7) is 0. The molecule has 0 spiro atoms. The molecule has 7 heteroatoms. The zero-order chi connectivity index (χ0) is 23.8. The number of nitrogens with zero attached hydrogens (tertiary/aromatic N) is 2. The number of nitriles is 1. The smallest absolute Gasteiger partial charge is 0.225 e. The van der Waals surface area contributed by atoms with E-state index in [4.69, 9.17) is 16.3 Å². The Bertz CT molecular complexity index is 1300. The SMILES string of the molecule is N#Cc1ccc(-c2ccc(Cl)cc2)nc1SCCC(=O)Nc1ccc(Oc2ccccc2)cc1. The van der Waals surface area contributed by atoms with Crippen LogP contribution >= 0.6 is 23.4 Å². The molecule has 0 unspecified atom stereocenters. The van der Waals surface area contributed by atoms with Gasteiger partial charge in [0.15, 0.2) is 0 Å². The molecule has 0 aliphatic carbocycles. The topological polar surface area (TPSA) is 75.0 Å². The van der Waals surface area contributed by atoms with Crippen LogP contribution in [-0.2, 0) is 4.79 Å². The van der Waals surface area contributed by atoms with Crippen LogP contribution < -0.4 is 10.1 Å². The van der Waals surface area contributed by atoms with Gasteiger partial charge in [0.2, 0.25) is 5.91 Å². The number of hydrogen-bond acceptors (Lipinski definition) is 5. The number of carbonyl (C=O) groups excluding carboxylic acids is 1. The van der Waals surface area contributed by atoms with E-state index in [2.05, 4.69) is 16.4 Å². The Labute approximate surface area is 207 Å². The van der Waals surface area contributed by atoms with E-state index in [1.54, 1.807) is 30.3 Å². The quantitative estimate of drug-likeness (QED) is 0.267. The van der Waals surface area contributed by atoms with Crippen molar-refractivity contribution in [2.24, 2.45) is 0 Å².